The third-order valence-electron chi connectivity index (χ3n) is 2.89. The first-order valence-electron chi connectivity index (χ1n) is 5.75. The lowest BCUT2D eigenvalue weighted by Crippen LogP contribution is -2.01. The minimum atomic E-state index is 0.397. The molecule has 0 bridgehead atoms. The molecule has 0 aliphatic carbocycles. The molecule has 0 radical (unpaired) electrons. The van der Waals surface area contributed by atoms with Crippen molar-refractivity contribution in [2.24, 2.45) is 5.73 Å². The molecule has 4 heteroatoms. The highest BCUT2D eigenvalue weighted by Gasteiger charge is 2.12. The summed E-state index contributed by atoms with van der Waals surface area (Å²) in [5.41, 5.74) is 7.75. The Labute approximate surface area is 106 Å². The summed E-state index contributed by atoms with van der Waals surface area (Å²) in [6.45, 7) is 0.397. The van der Waals surface area contributed by atoms with Crippen LogP contribution >= 0.6 is 0 Å². The topological polar surface area (TPSA) is 57.6 Å². The Balaban J connectivity index is 2.34. The van der Waals surface area contributed by atoms with Crippen molar-refractivity contribution in [1.82, 2.24) is 0 Å². The SMILES string of the molecule is COc1cccc(Cc2ccoc2CN)c1OC. The highest BCUT2D eigenvalue weighted by atomic mass is 16.5. The first-order chi connectivity index (χ1) is 8.80. The standard InChI is InChI=1S/C14H17NO3/c1-16-12-5-3-4-11(14(12)17-2)8-10-6-7-18-13(10)9-15/h3-7H,8-9,15H2,1-2H3. The molecule has 2 aromatic rings. The van der Waals surface area contributed by atoms with Crippen LogP contribution in [0.25, 0.3) is 0 Å². The number of para-hydroxylation sites is 1. The molecule has 0 fully saturated rings. The van der Waals surface area contributed by atoms with Gasteiger partial charge in [-0.1, -0.05) is 12.1 Å². The van der Waals surface area contributed by atoms with E-state index in [1.807, 2.05) is 24.3 Å². The van der Waals surface area contributed by atoms with Gasteiger partial charge in [-0.15, -0.1) is 0 Å². The maximum atomic E-state index is 5.63. The summed E-state index contributed by atoms with van der Waals surface area (Å²) < 4.78 is 16.0. The van der Waals surface area contributed by atoms with Crippen LogP contribution in [0.4, 0.5) is 0 Å². The number of furan rings is 1. The van der Waals surface area contributed by atoms with Crippen LogP contribution in [0.1, 0.15) is 16.9 Å². The number of hydrogen-bond donors (Lipinski definition) is 1. The Morgan fingerprint density at radius 2 is 1.94 bits per heavy atom. The van der Waals surface area contributed by atoms with Crippen molar-refractivity contribution < 1.29 is 13.9 Å². The van der Waals surface area contributed by atoms with Crippen molar-refractivity contribution >= 4 is 0 Å². The van der Waals surface area contributed by atoms with E-state index in [1.165, 1.54) is 0 Å². The first kappa shape index (κ1) is 12.5. The maximum Gasteiger partial charge on any atom is 0.164 e. The van der Waals surface area contributed by atoms with Crippen LogP contribution < -0.4 is 15.2 Å². The number of benzene rings is 1. The van der Waals surface area contributed by atoms with E-state index in [-0.39, 0.29) is 0 Å². The number of rotatable bonds is 5. The Morgan fingerprint density at radius 1 is 1.11 bits per heavy atom. The van der Waals surface area contributed by atoms with E-state index in [0.717, 1.165) is 28.4 Å². The van der Waals surface area contributed by atoms with Crippen LogP contribution in [0.3, 0.4) is 0 Å². The molecule has 0 unspecified atom stereocenters. The normalized spacial score (nSPS) is 10.4. The van der Waals surface area contributed by atoms with E-state index in [0.29, 0.717) is 13.0 Å². The van der Waals surface area contributed by atoms with Crippen molar-refractivity contribution in [2.45, 2.75) is 13.0 Å². The average Bonchev–Trinajstić information content (AvgIpc) is 2.85. The van der Waals surface area contributed by atoms with Crippen molar-refractivity contribution in [1.29, 1.82) is 0 Å². The fourth-order valence-electron chi connectivity index (χ4n) is 2.00. The van der Waals surface area contributed by atoms with Crippen molar-refractivity contribution in [3.8, 4) is 11.5 Å². The van der Waals surface area contributed by atoms with E-state index < -0.39 is 0 Å². The first-order valence-corrected chi connectivity index (χ1v) is 5.75. The van der Waals surface area contributed by atoms with Gasteiger partial charge in [0.25, 0.3) is 0 Å². The van der Waals surface area contributed by atoms with Crippen molar-refractivity contribution in [2.75, 3.05) is 14.2 Å². The van der Waals surface area contributed by atoms with Gasteiger partial charge in [0.15, 0.2) is 11.5 Å². The van der Waals surface area contributed by atoms with Crippen LogP contribution in [0, 0.1) is 0 Å². The smallest absolute Gasteiger partial charge is 0.164 e. The molecular formula is C14H17NO3. The highest BCUT2D eigenvalue weighted by molar-refractivity contribution is 5.48. The largest absolute Gasteiger partial charge is 0.493 e. The van der Waals surface area contributed by atoms with Crippen LogP contribution in [-0.4, -0.2) is 14.2 Å². The zero-order valence-electron chi connectivity index (χ0n) is 10.6. The Hall–Kier alpha value is -1.94. The van der Waals surface area contributed by atoms with Gasteiger partial charge in [-0.3, -0.25) is 0 Å². The van der Waals surface area contributed by atoms with Crippen molar-refractivity contribution in [3.05, 3.63) is 47.4 Å². The van der Waals surface area contributed by atoms with Gasteiger partial charge < -0.3 is 19.6 Å². The molecule has 1 aromatic heterocycles. The molecule has 4 nitrogen and oxygen atoms in total. The third-order valence-corrected chi connectivity index (χ3v) is 2.89. The summed E-state index contributed by atoms with van der Waals surface area (Å²) in [6.07, 6.45) is 2.37. The molecule has 0 aliphatic heterocycles. The number of methoxy groups -OCH3 is 2. The van der Waals surface area contributed by atoms with E-state index in [9.17, 15) is 0 Å². The van der Waals surface area contributed by atoms with Gasteiger partial charge in [-0.25, -0.2) is 0 Å². The second kappa shape index (κ2) is 5.60. The molecule has 96 valence electrons. The molecule has 0 saturated carbocycles. The van der Waals surface area contributed by atoms with Crippen LogP contribution in [0.2, 0.25) is 0 Å². The molecule has 1 heterocycles. The second-order valence-electron chi connectivity index (χ2n) is 3.90. The Kier molecular flexibility index (Phi) is 3.89. The van der Waals surface area contributed by atoms with Gasteiger partial charge in [0, 0.05) is 12.0 Å². The molecule has 1 aromatic carbocycles. The molecule has 2 N–H and O–H groups in total. The molecular weight excluding hydrogens is 230 g/mol. The zero-order chi connectivity index (χ0) is 13.0. The summed E-state index contributed by atoms with van der Waals surface area (Å²) in [4.78, 5) is 0. The lowest BCUT2D eigenvalue weighted by molar-refractivity contribution is 0.352. The summed E-state index contributed by atoms with van der Waals surface area (Å²) in [6, 6.07) is 7.76. The predicted molar refractivity (Wildman–Crippen MR) is 69.0 cm³/mol. The van der Waals surface area contributed by atoms with E-state index in [1.54, 1.807) is 20.5 Å². The zero-order valence-corrected chi connectivity index (χ0v) is 10.6. The quantitative estimate of drug-likeness (QED) is 0.881. The van der Waals surface area contributed by atoms with E-state index >= 15 is 0 Å². The maximum absolute atomic E-state index is 5.63. The number of hydrogen-bond acceptors (Lipinski definition) is 4. The summed E-state index contributed by atoms with van der Waals surface area (Å²) in [7, 11) is 3.27. The van der Waals surface area contributed by atoms with Crippen LogP contribution in [0.5, 0.6) is 11.5 Å². The Morgan fingerprint density at radius 3 is 2.61 bits per heavy atom. The summed E-state index contributed by atoms with van der Waals surface area (Å²) >= 11 is 0. The second-order valence-corrected chi connectivity index (χ2v) is 3.90. The summed E-state index contributed by atoms with van der Waals surface area (Å²) in [5.74, 6) is 2.29. The molecule has 0 aliphatic rings. The Bertz CT molecular complexity index is 520. The molecule has 0 spiro atoms. The van der Waals surface area contributed by atoms with Gasteiger partial charge in [0.2, 0.25) is 0 Å². The lowest BCUT2D eigenvalue weighted by atomic mass is 10.0. The number of nitrogens with two attached hydrogens (primary N) is 1. The third kappa shape index (κ3) is 2.33. The van der Waals surface area contributed by atoms with Gasteiger partial charge in [-0.2, -0.15) is 0 Å². The fourth-order valence-corrected chi connectivity index (χ4v) is 2.00. The van der Waals surface area contributed by atoms with Crippen LogP contribution in [0.15, 0.2) is 34.9 Å². The van der Waals surface area contributed by atoms with E-state index in [2.05, 4.69) is 0 Å². The van der Waals surface area contributed by atoms with Gasteiger partial charge in [0.05, 0.1) is 27.0 Å². The van der Waals surface area contributed by atoms with Gasteiger partial charge in [-0.05, 0) is 17.7 Å². The number of ether oxygens (including phenoxy) is 2. The van der Waals surface area contributed by atoms with Gasteiger partial charge >= 0.3 is 0 Å². The molecule has 0 atom stereocenters. The fraction of sp³-hybridized carbons (Fsp3) is 0.286. The van der Waals surface area contributed by atoms with Crippen LogP contribution in [-0.2, 0) is 13.0 Å². The molecule has 0 saturated heterocycles. The molecule has 2 rings (SSSR count). The summed E-state index contributed by atoms with van der Waals surface area (Å²) in [5, 5.41) is 0. The minimum absolute atomic E-state index is 0.397. The minimum Gasteiger partial charge on any atom is -0.493 e. The van der Waals surface area contributed by atoms with Gasteiger partial charge in [0.1, 0.15) is 5.76 Å². The lowest BCUT2D eigenvalue weighted by Gasteiger charge is -2.12. The monoisotopic (exact) mass is 247 g/mol. The van der Waals surface area contributed by atoms with Crippen molar-refractivity contribution in [3.63, 3.8) is 0 Å². The molecule has 18 heavy (non-hydrogen) atoms. The predicted octanol–water partition coefficient (Wildman–Crippen LogP) is 2.35. The van der Waals surface area contributed by atoms with E-state index in [4.69, 9.17) is 19.6 Å². The highest BCUT2D eigenvalue weighted by Crippen LogP contribution is 2.32. The average molecular weight is 247 g/mol. The molecule has 0 amide bonds.